The monoisotopic (exact) mass is 324 g/mol. The predicted octanol–water partition coefficient (Wildman–Crippen LogP) is 2.90. The van der Waals surface area contributed by atoms with E-state index in [0.717, 1.165) is 45.0 Å². The maximum atomic E-state index is 14.4. The van der Waals surface area contributed by atoms with Crippen molar-refractivity contribution in [2.24, 2.45) is 0 Å². The number of non-ortho nitro benzene ring substituents is 1. The van der Waals surface area contributed by atoms with Crippen LogP contribution in [0, 0.1) is 15.9 Å². The van der Waals surface area contributed by atoms with Crippen LogP contribution in [-0.4, -0.2) is 43.4 Å². The van der Waals surface area contributed by atoms with Crippen LogP contribution in [0.15, 0.2) is 18.2 Å². The van der Waals surface area contributed by atoms with Crippen molar-refractivity contribution >= 4 is 11.4 Å². The third-order valence-electron chi connectivity index (χ3n) is 4.38. The summed E-state index contributed by atoms with van der Waals surface area (Å²) in [4.78, 5) is 12.1. The zero-order valence-electron chi connectivity index (χ0n) is 12.9. The van der Waals surface area contributed by atoms with Gasteiger partial charge in [0.15, 0.2) is 5.82 Å². The molecule has 0 aromatic heterocycles. The number of nitro groups is 1. The molecular weight excluding hydrogens is 303 g/mol. The first-order chi connectivity index (χ1) is 11.1. The molecule has 23 heavy (non-hydrogen) atoms. The zero-order valence-corrected chi connectivity index (χ0v) is 12.9. The Balaban J connectivity index is 1.79. The summed E-state index contributed by atoms with van der Waals surface area (Å²) in [5.74, 6) is -0.574. The topological polar surface area (TPSA) is 64.8 Å². The Bertz CT molecular complexity index is 539. The van der Waals surface area contributed by atoms with Gasteiger partial charge in [-0.1, -0.05) is 0 Å². The minimum absolute atomic E-state index is 0.0750. The van der Waals surface area contributed by atoms with E-state index in [0.29, 0.717) is 18.8 Å². The van der Waals surface area contributed by atoms with Crippen molar-refractivity contribution in [3.05, 3.63) is 34.1 Å². The van der Waals surface area contributed by atoms with Crippen molar-refractivity contribution in [3.8, 4) is 0 Å². The molecule has 2 unspecified atom stereocenters. The highest BCUT2D eigenvalue weighted by Crippen LogP contribution is 2.27. The van der Waals surface area contributed by atoms with Gasteiger partial charge in [-0.2, -0.15) is 0 Å². The molecule has 2 aliphatic heterocycles. The first-order valence-electron chi connectivity index (χ1n) is 8.05. The van der Waals surface area contributed by atoms with E-state index >= 15 is 0 Å². The number of nitro benzene ring substituents is 1. The fourth-order valence-electron chi connectivity index (χ4n) is 3.21. The summed E-state index contributed by atoms with van der Waals surface area (Å²) in [6.45, 7) is 2.63. The molecule has 0 aliphatic carbocycles. The third-order valence-corrected chi connectivity index (χ3v) is 4.38. The quantitative estimate of drug-likeness (QED) is 0.595. The molecule has 0 radical (unpaired) electrons. The molecule has 0 spiro atoms. The lowest BCUT2D eigenvalue weighted by Gasteiger charge is -2.29. The van der Waals surface area contributed by atoms with Crippen molar-refractivity contribution in [3.63, 3.8) is 0 Å². The Morgan fingerprint density at radius 3 is 2.22 bits per heavy atom. The largest absolute Gasteiger partial charge is 0.376 e. The Morgan fingerprint density at radius 1 is 1.17 bits per heavy atom. The minimum atomic E-state index is -0.586. The second kappa shape index (κ2) is 7.23. The van der Waals surface area contributed by atoms with Gasteiger partial charge in [-0.3, -0.25) is 10.1 Å². The SMILES string of the molecule is O=[N+]([O-])c1ccc(N(CC2CCCO2)CC2CCCO2)c(F)c1. The van der Waals surface area contributed by atoms with Crippen LogP contribution in [0.1, 0.15) is 25.7 Å². The molecule has 1 aromatic rings. The maximum absolute atomic E-state index is 14.4. The molecule has 0 saturated carbocycles. The van der Waals surface area contributed by atoms with Crippen LogP contribution in [-0.2, 0) is 9.47 Å². The summed E-state index contributed by atoms with van der Waals surface area (Å²) in [6.07, 6.45) is 4.09. The second-order valence-electron chi connectivity index (χ2n) is 6.07. The van der Waals surface area contributed by atoms with Gasteiger partial charge < -0.3 is 14.4 Å². The number of halogens is 1. The van der Waals surface area contributed by atoms with Crippen LogP contribution >= 0.6 is 0 Å². The molecule has 6 nitrogen and oxygen atoms in total. The van der Waals surface area contributed by atoms with Crippen molar-refractivity contribution in [1.82, 2.24) is 0 Å². The van der Waals surface area contributed by atoms with Gasteiger partial charge in [-0.15, -0.1) is 0 Å². The van der Waals surface area contributed by atoms with E-state index in [1.807, 2.05) is 4.90 Å². The van der Waals surface area contributed by atoms with E-state index in [4.69, 9.17) is 9.47 Å². The average Bonchev–Trinajstić information content (AvgIpc) is 3.20. The van der Waals surface area contributed by atoms with E-state index in [1.54, 1.807) is 0 Å². The number of anilines is 1. The summed E-state index contributed by atoms with van der Waals surface area (Å²) in [6, 6.07) is 3.81. The summed E-state index contributed by atoms with van der Waals surface area (Å²) >= 11 is 0. The van der Waals surface area contributed by atoms with Gasteiger partial charge in [0.2, 0.25) is 0 Å². The van der Waals surface area contributed by atoms with Crippen LogP contribution in [0.2, 0.25) is 0 Å². The molecule has 2 aliphatic rings. The highest BCUT2D eigenvalue weighted by Gasteiger charge is 2.26. The molecule has 0 bridgehead atoms. The van der Waals surface area contributed by atoms with Crippen molar-refractivity contribution < 1.29 is 18.8 Å². The van der Waals surface area contributed by atoms with Gasteiger partial charge in [-0.05, 0) is 31.7 Å². The highest BCUT2D eigenvalue weighted by atomic mass is 19.1. The highest BCUT2D eigenvalue weighted by molar-refractivity contribution is 5.52. The normalized spacial score (nSPS) is 24.0. The maximum Gasteiger partial charge on any atom is 0.272 e. The number of ether oxygens (including phenoxy) is 2. The van der Waals surface area contributed by atoms with E-state index in [9.17, 15) is 14.5 Å². The van der Waals surface area contributed by atoms with E-state index in [-0.39, 0.29) is 17.9 Å². The standard InChI is InChI=1S/C16H21FN2O4/c17-15-9-12(19(20)21)5-6-16(15)18(10-13-3-1-7-22-13)11-14-4-2-8-23-14/h5-6,9,13-14H,1-4,7-8,10-11H2. The Kier molecular flexibility index (Phi) is 5.07. The molecule has 2 saturated heterocycles. The first-order valence-corrected chi connectivity index (χ1v) is 8.05. The van der Waals surface area contributed by atoms with Crippen molar-refractivity contribution in [2.75, 3.05) is 31.2 Å². The average molecular weight is 324 g/mol. The Labute approximate surface area is 134 Å². The van der Waals surface area contributed by atoms with E-state index < -0.39 is 10.7 Å². The Morgan fingerprint density at radius 2 is 1.78 bits per heavy atom. The van der Waals surface area contributed by atoms with Gasteiger partial charge >= 0.3 is 0 Å². The number of hydrogen-bond donors (Lipinski definition) is 0. The minimum Gasteiger partial charge on any atom is -0.376 e. The van der Waals surface area contributed by atoms with Crippen LogP contribution in [0.5, 0.6) is 0 Å². The van der Waals surface area contributed by atoms with Gasteiger partial charge in [0.05, 0.1) is 28.9 Å². The molecule has 2 fully saturated rings. The fourth-order valence-corrected chi connectivity index (χ4v) is 3.21. The van der Waals surface area contributed by atoms with Crippen molar-refractivity contribution in [1.29, 1.82) is 0 Å². The number of hydrogen-bond acceptors (Lipinski definition) is 5. The molecule has 0 amide bonds. The van der Waals surface area contributed by atoms with E-state index in [2.05, 4.69) is 0 Å². The van der Waals surface area contributed by atoms with Crippen molar-refractivity contribution in [2.45, 2.75) is 37.9 Å². The molecule has 0 N–H and O–H groups in total. The summed E-state index contributed by atoms with van der Waals surface area (Å²) in [7, 11) is 0. The summed E-state index contributed by atoms with van der Waals surface area (Å²) < 4.78 is 25.7. The molecule has 2 heterocycles. The van der Waals surface area contributed by atoms with Crippen LogP contribution in [0.4, 0.5) is 15.8 Å². The molecular formula is C16H21FN2O4. The molecule has 7 heteroatoms. The first kappa shape index (κ1) is 16.1. The van der Waals surface area contributed by atoms with E-state index in [1.165, 1.54) is 12.1 Å². The van der Waals surface area contributed by atoms with Gasteiger partial charge in [0, 0.05) is 32.4 Å². The zero-order chi connectivity index (χ0) is 16.2. The molecule has 2 atom stereocenters. The molecule has 126 valence electrons. The summed E-state index contributed by atoms with van der Waals surface area (Å²) in [5.41, 5.74) is 0.141. The number of nitrogens with zero attached hydrogens (tertiary/aromatic N) is 2. The van der Waals surface area contributed by atoms with Gasteiger partial charge in [0.25, 0.3) is 5.69 Å². The lowest BCUT2D eigenvalue weighted by Crippen LogP contribution is -2.38. The lowest BCUT2D eigenvalue weighted by molar-refractivity contribution is -0.385. The lowest BCUT2D eigenvalue weighted by atomic mass is 10.1. The molecule has 1 aromatic carbocycles. The van der Waals surface area contributed by atoms with Crippen LogP contribution in [0.3, 0.4) is 0 Å². The fraction of sp³-hybridized carbons (Fsp3) is 0.625. The predicted molar refractivity (Wildman–Crippen MR) is 83.2 cm³/mol. The molecule has 3 rings (SSSR count). The van der Waals surface area contributed by atoms with Gasteiger partial charge in [0.1, 0.15) is 0 Å². The smallest absolute Gasteiger partial charge is 0.272 e. The number of benzene rings is 1. The Hall–Kier alpha value is -1.73. The third kappa shape index (κ3) is 3.97. The van der Waals surface area contributed by atoms with Crippen LogP contribution < -0.4 is 4.90 Å². The number of rotatable bonds is 6. The second-order valence-corrected chi connectivity index (χ2v) is 6.07. The van der Waals surface area contributed by atoms with Crippen LogP contribution in [0.25, 0.3) is 0 Å². The van der Waals surface area contributed by atoms with Gasteiger partial charge in [-0.25, -0.2) is 4.39 Å². The summed E-state index contributed by atoms with van der Waals surface area (Å²) in [5, 5.41) is 10.8.